The first-order valence-corrected chi connectivity index (χ1v) is 9.09. The van der Waals surface area contributed by atoms with Gasteiger partial charge >= 0.3 is 0 Å². The number of hydrogen-bond acceptors (Lipinski definition) is 4. The van der Waals surface area contributed by atoms with E-state index >= 15 is 0 Å². The van der Waals surface area contributed by atoms with Gasteiger partial charge in [0, 0.05) is 17.7 Å². The van der Waals surface area contributed by atoms with Gasteiger partial charge < -0.3 is 10.0 Å². The summed E-state index contributed by atoms with van der Waals surface area (Å²) < 4.78 is 27.4. The molecule has 1 N–H and O–H groups in total. The second-order valence-electron chi connectivity index (χ2n) is 5.99. The SMILES string of the molecule is CN(C)Cc1c(O)ccc2c1C=CCN2S(=O)(=O)c1ccccc1. The Kier molecular flexibility index (Phi) is 4.34. The highest BCUT2D eigenvalue weighted by Gasteiger charge is 2.29. The lowest BCUT2D eigenvalue weighted by atomic mass is 10.0. The van der Waals surface area contributed by atoms with Crippen molar-refractivity contribution in [2.45, 2.75) is 11.4 Å². The molecule has 0 radical (unpaired) electrons. The van der Waals surface area contributed by atoms with Gasteiger partial charge in [-0.05, 0) is 38.4 Å². The fraction of sp³-hybridized carbons (Fsp3) is 0.222. The second kappa shape index (κ2) is 6.30. The van der Waals surface area contributed by atoms with Crippen molar-refractivity contribution in [1.82, 2.24) is 4.90 Å². The Balaban J connectivity index is 2.12. The van der Waals surface area contributed by atoms with E-state index in [-0.39, 0.29) is 17.2 Å². The number of benzene rings is 2. The van der Waals surface area contributed by atoms with Gasteiger partial charge in [-0.25, -0.2) is 8.42 Å². The quantitative estimate of drug-likeness (QED) is 0.926. The van der Waals surface area contributed by atoms with Crippen LogP contribution in [0.2, 0.25) is 0 Å². The van der Waals surface area contributed by atoms with Gasteiger partial charge in [-0.15, -0.1) is 0 Å². The molecule has 0 saturated carbocycles. The van der Waals surface area contributed by atoms with Crippen LogP contribution in [-0.2, 0) is 16.6 Å². The summed E-state index contributed by atoms with van der Waals surface area (Å²) in [6.07, 6.45) is 3.69. The molecule has 0 aromatic heterocycles. The van der Waals surface area contributed by atoms with Crippen molar-refractivity contribution in [3.05, 3.63) is 59.7 Å². The third-order valence-corrected chi connectivity index (χ3v) is 5.73. The van der Waals surface area contributed by atoms with Crippen molar-refractivity contribution in [3.8, 4) is 5.75 Å². The van der Waals surface area contributed by atoms with Crippen LogP contribution >= 0.6 is 0 Å². The van der Waals surface area contributed by atoms with Crippen LogP contribution in [0, 0.1) is 0 Å². The lowest BCUT2D eigenvalue weighted by Gasteiger charge is -2.29. The number of phenolic OH excluding ortho intramolecular Hbond substituents is 1. The molecule has 0 atom stereocenters. The van der Waals surface area contributed by atoms with Gasteiger partial charge in [0.15, 0.2) is 0 Å². The van der Waals surface area contributed by atoms with Gasteiger partial charge in [-0.1, -0.05) is 30.4 Å². The van der Waals surface area contributed by atoms with E-state index in [4.69, 9.17) is 0 Å². The molecule has 2 aromatic carbocycles. The summed E-state index contributed by atoms with van der Waals surface area (Å²) >= 11 is 0. The molecular weight excluding hydrogens is 324 g/mol. The fourth-order valence-corrected chi connectivity index (χ4v) is 4.29. The molecule has 126 valence electrons. The van der Waals surface area contributed by atoms with Crippen LogP contribution in [0.4, 0.5) is 5.69 Å². The van der Waals surface area contributed by atoms with E-state index in [1.807, 2.05) is 25.1 Å². The molecule has 1 heterocycles. The number of phenols is 1. The Labute approximate surface area is 142 Å². The Hall–Kier alpha value is -2.31. The summed E-state index contributed by atoms with van der Waals surface area (Å²) in [4.78, 5) is 2.20. The van der Waals surface area contributed by atoms with E-state index in [0.717, 1.165) is 11.1 Å². The van der Waals surface area contributed by atoms with E-state index in [2.05, 4.69) is 0 Å². The van der Waals surface area contributed by atoms with Gasteiger partial charge in [0.1, 0.15) is 5.75 Å². The third kappa shape index (κ3) is 2.90. The minimum atomic E-state index is -3.65. The molecule has 0 unspecified atom stereocenters. The van der Waals surface area contributed by atoms with E-state index in [9.17, 15) is 13.5 Å². The molecule has 0 amide bonds. The van der Waals surface area contributed by atoms with Crippen molar-refractivity contribution in [3.63, 3.8) is 0 Å². The summed E-state index contributed by atoms with van der Waals surface area (Å²) in [5, 5.41) is 10.2. The predicted molar refractivity (Wildman–Crippen MR) is 95.5 cm³/mol. The first-order chi connectivity index (χ1) is 11.4. The molecule has 0 saturated heterocycles. The molecule has 3 rings (SSSR count). The summed E-state index contributed by atoms with van der Waals surface area (Å²) in [7, 11) is 0.167. The van der Waals surface area contributed by atoms with Crippen molar-refractivity contribution in [2.75, 3.05) is 24.9 Å². The lowest BCUT2D eigenvalue weighted by molar-refractivity contribution is 0.385. The predicted octanol–water partition coefficient (Wildman–Crippen LogP) is 2.68. The Morgan fingerprint density at radius 2 is 1.83 bits per heavy atom. The molecule has 1 aliphatic rings. The topological polar surface area (TPSA) is 60.9 Å². The van der Waals surface area contributed by atoms with Crippen molar-refractivity contribution in [1.29, 1.82) is 0 Å². The highest BCUT2D eigenvalue weighted by atomic mass is 32.2. The van der Waals surface area contributed by atoms with Crippen molar-refractivity contribution >= 4 is 21.8 Å². The molecule has 0 fully saturated rings. The molecular formula is C18H20N2O3S. The van der Waals surface area contributed by atoms with Crippen LogP contribution in [0.15, 0.2) is 53.4 Å². The number of aromatic hydroxyl groups is 1. The second-order valence-corrected chi connectivity index (χ2v) is 7.85. The van der Waals surface area contributed by atoms with Crippen LogP contribution in [0.1, 0.15) is 11.1 Å². The van der Waals surface area contributed by atoms with E-state index in [1.165, 1.54) is 4.31 Å². The number of hydrogen-bond donors (Lipinski definition) is 1. The number of rotatable bonds is 4. The highest BCUT2D eigenvalue weighted by Crippen LogP contribution is 2.37. The van der Waals surface area contributed by atoms with Gasteiger partial charge in [0.2, 0.25) is 0 Å². The molecule has 5 nitrogen and oxygen atoms in total. The van der Waals surface area contributed by atoms with Crippen molar-refractivity contribution < 1.29 is 13.5 Å². The lowest BCUT2D eigenvalue weighted by Crippen LogP contribution is -2.33. The average molecular weight is 344 g/mol. The van der Waals surface area contributed by atoms with Gasteiger partial charge in [0.25, 0.3) is 10.0 Å². The van der Waals surface area contributed by atoms with Crippen molar-refractivity contribution in [2.24, 2.45) is 0 Å². The molecule has 0 spiro atoms. The number of sulfonamides is 1. The molecule has 0 aliphatic carbocycles. The largest absolute Gasteiger partial charge is 0.508 e. The fourth-order valence-electron chi connectivity index (χ4n) is 2.84. The summed E-state index contributed by atoms with van der Waals surface area (Å²) in [5.74, 6) is 0.172. The summed E-state index contributed by atoms with van der Waals surface area (Å²) in [6, 6.07) is 11.6. The number of fused-ring (bicyclic) bond motifs is 1. The standard InChI is InChI=1S/C18H20N2O3S/c1-19(2)13-16-15-9-6-12-20(17(15)10-11-18(16)21)24(22,23)14-7-4-3-5-8-14/h3-11,21H,12-13H2,1-2H3. The van der Waals surface area contributed by atoms with Gasteiger partial charge in [0.05, 0.1) is 17.1 Å². The zero-order valence-corrected chi connectivity index (χ0v) is 14.5. The third-order valence-electron chi connectivity index (χ3n) is 3.94. The maximum Gasteiger partial charge on any atom is 0.264 e. The monoisotopic (exact) mass is 344 g/mol. The minimum absolute atomic E-state index is 0.172. The Morgan fingerprint density at radius 3 is 2.50 bits per heavy atom. The Morgan fingerprint density at radius 1 is 1.12 bits per heavy atom. The zero-order valence-electron chi connectivity index (χ0n) is 13.7. The van der Waals surface area contributed by atoms with Gasteiger partial charge in [-0.2, -0.15) is 0 Å². The molecule has 0 bridgehead atoms. The Bertz CT molecular complexity index is 875. The molecule has 24 heavy (non-hydrogen) atoms. The first kappa shape index (κ1) is 16.5. The molecule has 1 aliphatic heterocycles. The normalized spacial score (nSPS) is 14.0. The average Bonchev–Trinajstić information content (AvgIpc) is 2.57. The first-order valence-electron chi connectivity index (χ1n) is 7.65. The van der Waals surface area contributed by atoms with E-state index in [1.54, 1.807) is 48.5 Å². The highest BCUT2D eigenvalue weighted by molar-refractivity contribution is 7.92. The van der Waals surface area contributed by atoms with Crippen LogP contribution < -0.4 is 4.31 Å². The van der Waals surface area contributed by atoms with E-state index < -0.39 is 10.0 Å². The van der Waals surface area contributed by atoms with Crippen LogP contribution in [0.25, 0.3) is 6.08 Å². The van der Waals surface area contributed by atoms with Gasteiger partial charge in [-0.3, -0.25) is 4.31 Å². The van der Waals surface area contributed by atoms with Crippen LogP contribution in [0.5, 0.6) is 5.75 Å². The van der Waals surface area contributed by atoms with Crippen LogP contribution in [0.3, 0.4) is 0 Å². The summed E-state index contributed by atoms with van der Waals surface area (Å²) in [6.45, 7) is 0.801. The van der Waals surface area contributed by atoms with Crippen LogP contribution in [-0.4, -0.2) is 39.1 Å². The maximum atomic E-state index is 13.0. The number of nitrogens with zero attached hydrogens (tertiary/aromatic N) is 2. The molecule has 2 aromatic rings. The maximum absolute atomic E-state index is 13.0. The zero-order chi connectivity index (χ0) is 17.3. The molecule has 6 heteroatoms. The minimum Gasteiger partial charge on any atom is -0.508 e. The summed E-state index contributed by atoms with van der Waals surface area (Å²) in [5.41, 5.74) is 2.06. The number of anilines is 1. The van der Waals surface area contributed by atoms with E-state index in [0.29, 0.717) is 12.2 Å². The smallest absolute Gasteiger partial charge is 0.264 e.